The zero-order valence-corrected chi connectivity index (χ0v) is 27.8. The maximum atomic E-state index is 14.0. The minimum absolute atomic E-state index is 0.123. The third-order valence-corrected chi connectivity index (χ3v) is 9.32. The van der Waals surface area contributed by atoms with Crippen LogP contribution in [0.25, 0.3) is 0 Å². The van der Waals surface area contributed by atoms with Crippen LogP contribution < -0.4 is 10.6 Å². The lowest BCUT2D eigenvalue weighted by Crippen LogP contribution is -2.61. The molecule has 5 amide bonds. The van der Waals surface area contributed by atoms with Gasteiger partial charge < -0.3 is 35.2 Å². The maximum absolute atomic E-state index is 14.0. The van der Waals surface area contributed by atoms with E-state index in [0.29, 0.717) is 25.7 Å². The number of amides is 5. The summed E-state index contributed by atoms with van der Waals surface area (Å²) in [4.78, 5) is 84.8. The average Bonchev–Trinajstić information content (AvgIpc) is 3.50. The fourth-order valence-electron chi connectivity index (χ4n) is 5.53. The monoisotopic (exact) mass is 643 g/mol. The molecule has 0 bridgehead atoms. The normalized spacial score (nSPS) is 29.1. The number of nitrogens with one attached hydrogen (secondary N) is 2. The van der Waals surface area contributed by atoms with Gasteiger partial charge in [0.15, 0.2) is 6.10 Å². The Hall–Kier alpha value is -2.93. The van der Waals surface area contributed by atoms with Gasteiger partial charge in [-0.25, -0.2) is 0 Å². The molecule has 0 aromatic carbocycles. The second-order valence-electron chi connectivity index (χ2n) is 12.0. The smallest absolute Gasteiger partial charge is 0.308 e. The van der Waals surface area contributed by atoms with E-state index < -0.39 is 71.9 Å². The van der Waals surface area contributed by atoms with Crippen LogP contribution in [0.5, 0.6) is 0 Å². The summed E-state index contributed by atoms with van der Waals surface area (Å²) in [5.74, 6) is -4.15. The number of likely N-dealkylation sites (N-methyl/N-ethyl adjacent to an activating group) is 2. The molecule has 2 fully saturated rings. The molecule has 250 valence electrons. The first kappa shape index (κ1) is 37.3. The van der Waals surface area contributed by atoms with Crippen molar-refractivity contribution in [2.24, 2.45) is 11.8 Å². The molecule has 2 heterocycles. The lowest BCUT2D eigenvalue weighted by Gasteiger charge is -2.38. The van der Waals surface area contributed by atoms with Crippen molar-refractivity contribution in [2.45, 2.75) is 110 Å². The van der Waals surface area contributed by atoms with Gasteiger partial charge in [-0.2, -0.15) is 0 Å². The molecule has 0 aliphatic carbocycles. The summed E-state index contributed by atoms with van der Waals surface area (Å²) in [5, 5.41) is 15.7. The van der Waals surface area contributed by atoms with Crippen molar-refractivity contribution in [2.75, 3.05) is 33.1 Å². The van der Waals surface area contributed by atoms with Crippen molar-refractivity contribution < 1.29 is 38.6 Å². The Bertz CT molecular complexity index is 1060. The molecule has 3 N–H and O–H groups in total. The number of carbonyl (C=O) groups is 6. The van der Waals surface area contributed by atoms with Crippen molar-refractivity contribution in [3.8, 4) is 0 Å². The van der Waals surface area contributed by atoms with Crippen LogP contribution in [0.15, 0.2) is 0 Å². The molecular formula is C30H50ClN5O8. The van der Waals surface area contributed by atoms with E-state index in [1.807, 2.05) is 27.7 Å². The van der Waals surface area contributed by atoms with Gasteiger partial charge in [0.1, 0.15) is 24.2 Å². The predicted octanol–water partition coefficient (Wildman–Crippen LogP) is 0.650. The summed E-state index contributed by atoms with van der Waals surface area (Å²) in [6.45, 7) is 9.10. The van der Waals surface area contributed by atoms with Crippen LogP contribution in [0, 0.1) is 11.8 Å². The number of nitrogens with zero attached hydrogens (tertiary/aromatic N) is 3. The number of rotatable bonds is 7. The van der Waals surface area contributed by atoms with Gasteiger partial charge in [-0.15, -0.1) is 11.6 Å². The van der Waals surface area contributed by atoms with Gasteiger partial charge in [-0.1, -0.05) is 40.5 Å². The summed E-state index contributed by atoms with van der Waals surface area (Å²) in [6, 6.07) is -3.76. The summed E-state index contributed by atoms with van der Waals surface area (Å²) in [5.41, 5.74) is 0. The molecule has 7 unspecified atom stereocenters. The van der Waals surface area contributed by atoms with Gasteiger partial charge in [0, 0.05) is 39.5 Å². The fourth-order valence-corrected chi connectivity index (χ4v) is 5.65. The van der Waals surface area contributed by atoms with E-state index >= 15 is 0 Å². The number of carbonyl (C=O) groups excluding carboxylic acids is 6. The van der Waals surface area contributed by atoms with E-state index in [1.54, 1.807) is 6.92 Å². The summed E-state index contributed by atoms with van der Waals surface area (Å²) >= 11 is 5.77. The van der Waals surface area contributed by atoms with Crippen LogP contribution in [0.2, 0.25) is 0 Å². The Morgan fingerprint density at radius 3 is 2.18 bits per heavy atom. The molecule has 8 atom stereocenters. The van der Waals surface area contributed by atoms with E-state index in [2.05, 4.69) is 10.6 Å². The van der Waals surface area contributed by atoms with Crippen LogP contribution in [0.3, 0.4) is 0 Å². The highest BCUT2D eigenvalue weighted by molar-refractivity contribution is 6.18. The standard InChI is InChI=1S/C30H50ClN5O8/c1-8-17(3)24-29(42)35(7)25(18(4)9-2)30(43)34(6)19(5)26(39)32-13-12-23(38)44-22(15-20(37)16-31)28(41)36-14-10-11-21(36)27(40)33-24/h17-22,24-25,37H,8-16H2,1-7H3,(H,32,39)(H,33,40)/t17?,18?,19?,20?,21-,22?,24?,25?/m0/s1. The van der Waals surface area contributed by atoms with Crippen LogP contribution in [0.1, 0.15) is 73.1 Å². The van der Waals surface area contributed by atoms with Crippen LogP contribution in [-0.2, 0) is 33.5 Å². The van der Waals surface area contributed by atoms with E-state index in [4.69, 9.17) is 16.3 Å². The highest BCUT2D eigenvalue weighted by Gasteiger charge is 2.43. The Morgan fingerprint density at radius 2 is 1.59 bits per heavy atom. The molecule has 0 radical (unpaired) electrons. The third-order valence-electron chi connectivity index (χ3n) is 8.97. The molecule has 2 rings (SSSR count). The van der Waals surface area contributed by atoms with E-state index in [-0.39, 0.29) is 43.6 Å². The molecule has 0 saturated carbocycles. The molecule has 14 heteroatoms. The first-order chi connectivity index (χ1) is 20.7. The number of fused-ring (bicyclic) bond motifs is 1. The van der Waals surface area contributed by atoms with Crippen molar-refractivity contribution in [3.63, 3.8) is 0 Å². The second kappa shape index (κ2) is 17.0. The fraction of sp³-hybridized carbons (Fsp3) is 0.800. The molecule has 2 saturated heterocycles. The zero-order chi connectivity index (χ0) is 33.3. The number of esters is 1. The molecule has 0 spiro atoms. The van der Waals surface area contributed by atoms with Gasteiger partial charge >= 0.3 is 5.97 Å². The van der Waals surface area contributed by atoms with Crippen molar-refractivity contribution >= 4 is 47.1 Å². The predicted molar refractivity (Wildman–Crippen MR) is 163 cm³/mol. The van der Waals surface area contributed by atoms with Crippen molar-refractivity contribution in [1.82, 2.24) is 25.3 Å². The minimum atomic E-state index is -1.40. The SMILES string of the molecule is CCC(C)C1NC(=O)[C@@H]2CCCN2C(=O)C(CC(O)CCl)OC(=O)CCNC(=O)C(C)N(C)C(=O)C(C(C)CC)N(C)C1=O. The quantitative estimate of drug-likeness (QED) is 0.269. The topological polar surface area (TPSA) is 166 Å². The van der Waals surface area contributed by atoms with Crippen LogP contribution >= 0.6 is 11.6 Å². The van der Waals surface area contributed by atoms with E-state index in [1.165, 1.54) is 28.8 Å². The number of halogens is 1. The van der Waals surface area contributed by atoms with Gasteiger partial charge in [0.2, 0.25) is 23.6 Å². The lowest BCUT2D eigenvalue weighted by atomic mass is 9.92. The Morgan fingerprint density at radius 1 is 0.955 bits per heavy atom. The minimum Gasteiger partial charge on any atom is -0.452 e. The molecule has 2 aliphatic rings. The number of hydrogen-bond donors (Lipinski definition) is 3. The second-order valence-corrected chi connectivity index (χ2v) is 12.3. The maximum Gasteiger partial charge on any atom is 0.308 e. The van der Waals surface area contributed by atoms with E-state index in [0.717, 1.165) is 0 Å². The molecule has 0 aromatic heterocycles. The van der Waals surface area contributed by atoms with Crippen LogP contribution in [-0.4, -0.2) is 125 Å². The molecule has 13 nitrogen and oxygen atoms in total. The van der Waals surface area contributed by atoms with Gasteiger partial charge in [-0.05, 0) is 31.6 Å². The number of hydrogen-bond acceptors (Lipinski definition) is 8. The zero-order valence-electron chi connectivity index (χ0n) is 27.0. The summed E-state index contributed by atoms with van der Waals surface area (Å²) in [6.07, 6.45) is -1.14. The van der Waals surface area contributed by atoms with Crippen LogP contribution in [0.4, 0.5) is 0 Å². The lowest BCUT2D eigenvalue weighted by molar-refractivity contribution is -0.163. The number of aliphatic hydroxyl groups excluding tert-OH is 1. The number of aliphatic hydroxyl groups is 1. The third kappa shape index (κ3) is 9.06. The van der Waals surface area contributed by atoms with Crippen molar-refractivity contribution in [1.29, 1.82) is 0 Å². The molecule has 2 aliphatic heterocycles. The largest absolute Gasteiger partial charge is 0.452 e. The molecule has 0 aromatic rings. The van der Waals surface area contributed by atoms with Crippen molar-refractivity contribution in [3.05, 3.63) is 0 Å². The van der Waals surface area contributed by atoms with E-state index in [9.17, 15) is 33.9 Å². The Balaban J connectivity index is 2.56. The molecular weight excluding hydrogens is 594 g/mol. The number of ether oxygens (including phenoxy) is 1. The first-order valence-corrected chi connectivity index (χ1v) is 16.1. The highest BCUT2D eigenvalue weighted by Crippen LogP contribution is 2.24. The first-order valence-electron chi connectivity index (χ1n) is 15.5. The van der Waals surface area contributed by atoms with Gasteiger partial charge in [-0.3, -0.25) is 28.8 Å². The number of alkyl halides is 1. The highest BCUT2D eigenvalue weighted by atomic mass is 35.5. The average molecular weight is 644 g/mol. The summed E-state index contributed by atoms with van der Waals surface area (Å²) in [7, 11) is 3.01. The van der Waals surface area contributed by atoms with Gasteiger partial charge in [0.25, 0.3) is 5.91 Å². The number of cyclic esters (lactones) is 1. The Labute approximate surface area is 265 Å². The summed E-state index contributed by atoms with van der Waals surface area (Å²) < 4.78 is 5.45. The molecule has 44 heavy (non-hydrogen) atoms. The van der Waals surface area contributed by atoms with Gasteiger partial charge in [0.05, 0.1) is 12.5 Å². The Kier molecular flexibility index (Phi) is 14.4.